The lowest BCUT2D eigenvalue weighted by atomic mass is 9.70. The molecule has 10 aromatic carbocycles. The number of anilines is 3. The van der Waals surface area contributed by atoms with Crippen molar-refractivity contribution in [1.82, 2.24) is 0 Å². The molecular formula is C55H33NO. The Kier molecular flexibility index (Phi) is 6.13. The SMILES string of the molecule is c1ccc2c(c1)-c1ccccc1C21c2ccccc2-c2ccc(N(c3ccc4oc5ccccc5c4c3)c3ccc4c5ccccc5c5ccccc5c4c3)cc21. The van der Waals surface area contributed by atoms with Crippen LogP contribution in [0, 0.1) is 0 Å². The maximum Gasteiger partial charge on any atom is 0.135 e. The maximum atomic E-state index is 6.35. The Morgan fingerprint density at radius 1 is 0.281 bits per heavy atom. The molecule has 0 saturated heterocycles. The van der Waals surface area contributed by atoms with E-state index in [0.29, 0.717) is 0 Å². The van der Waals surface area contributed by atoms with Gasteiger partial charge in [0.1, 0.15) is 11.2 Å². The van der Waals surface area contributed by atoms with Crippen LogP contribution in [0.1, 0.15) is 22.3 Å². The topological polar surface area (TPSA) is 16.4 Å². The standard InChI is InChI=1S/C55H33NO/c1-2-15-39-37(13-1)38-14-3-4-16-40(38)47-31-34(25-28-41(39)47)56(35-27-30-54-48(32-35)46-20-8-12-24-53(46)57-54)36-26-29-45-44-19-7-11-23-51(44)55(52(45)33-36)49-21-9-5-17-42(49)43-18-6-10-22-50(43)55/h1-33H. The first-order valence-corrected chi connectivity index (χ1v) is 19.8. The van der Waals surface area contributed by atoms with Gasteiger partial charge in [-0.05, 0) is 125 Å². The van der Waals surface area contributed by atoms with Crippen molar-refractivity contribution < 1.29 is 4.42 Å². The summed E-state index contributed by atoms with van der Waals surface area (Å²) in [7, 11) is 0. The van der Waals surface area contributed by atoms with Crippen molar-refractivity contribution in [3.05, 3.63) is 222 Å². The molecule has 0 atom stereocenters. The Hall–Kier alpha value is -7.42. The molecule has 2 aliphatic rings. The molecule has 2 heteroatoms. The third kappa shape index (κ3) is 4.04. The van der Waals surface area contributed by atoms with Crippen LogP contribution in [0.15, 0.2) is 205 Å². The lowest BCUT2D eigenvalue weighted by molar-refractivity contribution is 0.669. The van der Waals surface area contributed by atoms with Crippen molar-refractivity contribution in [2.45, 2.75) is 5.41 Å². The molecule has 0 N–H and O–H groups in total. The summed E-state index contributed by atoms with van der Waals surface area (Å²) < 4.78 is 6.35. The number of fused-ring (bicyclic) bond motifs is 19. The van der Waals surface area contributed by atoms with Gasteiger partial charge in [-0.2, -0.15) is 0 Å². The molecule has 1 spiro atoms. The summed E-state index contributed by atoms with van der Waals surface area (Å²) >= 11 is 0. The van der Waals surface area contributed by atoms with Crippen molar-refractivity contribution in [2.75, 3.05) is 4.90 Å². The van der Waals surface area contributed by atoms with Crippen LogP contribution in [0.3, 0.4) is 0 Å². The van der Waals surface area contributed by atoms with Gasteiger partial charge >= 0.3 is 0 Å². The van der Waals surface area contributed by atoms with Gasteiger partial charge in [-0.1, -0.05) is 152 Å². The van der Waals surface area contributed by atoms with Crippen LogP contribution < -0.4 is 4.90 Å². The summed E-state index contributed by atoms with van der Waals surface area (Å²) in [6.07, 6.45) is 0. The van der Waals surface area contributed by atoms with Gasteiger partial charge in [-0.15, -0.1) is 0 Å². The zero-order valence-electron chi connectivity index (χ0n) is 30.9. The van der Waals surface area contributed by atoms with Gasteiger partial charge in [0.05, 0.1) is 5.41 Å². The first-order valence-electron chi connectivity index (χ1n) is 19.8. The molecule has 0 bridgehead atoms. The van der Waals surface area contributed by atoms with Gasteiger partial charge in [0, 0.05) is 27.8 Å². The lowest BCUT2D eigenvalue weighted by Gasteiger charge is -2.32. The number of furan rings is 1. The summed E-state index contributed by atoms with van der Waals surface area (Å²) in [5.41, 5.74) is 15.2. The third-order valence-corrected chi connectivity index (χ3v) is 12.8. The summed E-state index contributed by atoms with van der Waals surface area (Å²) in [5, 5.41) is 9.80. The van der Waals surface area contributed by atoms with Crippen LogP contribution in [0.25, 0.3) is 76.5 Å². The van der Waals surface area contributed by atoms with E-state index in [0.717, 1.165) is 39.0 Å². The fourth-order valence-corrected chi connectivity index (χ4v) is 10.6. The molecular weight excluding hydrogens is 691 g/mol. The van der Waals surface area contributed by atoms with Crippen LogP contribution in [-0.4, -0.2) is 0 Å². The monoisotopic (exact) mass is 723 g/mol. The summed E-state index contributed by atoms with van der Waals surface area (Å²) in [4.78, 5) is 2.45. The second kappa shape index (κ2) is 11.3. The van der Waals surface area contributed by atoms with E-state index in [1.54, 1.807) is 0 Å². The molecule has 13 rings (SSSR count). The van der Waals surface area contributed by atoms with E-state index in [-0.39, 0.29) is 0 Å². The number of rotatable bonds is 3. The molecule has 57 heavy (non-hydrogen) atoms. The molecule has 1 aromatic heterocycles. The van der Waals surface area contributed by atoms with Crippen molar-refractivity contribution in [3.63, 3.8) is 0 Å². The van der Waals surface area contributed by atoms with Gasteiger partial charge in [-0.3, -0.25) is 0 Å². The molecule has 0 fully saturated rings. The van der Waals surface area contributed by atoms with E-state index in [1.165, 1.54) is 76.8 Å². The van der Waals surface area contributed by atoms with Crippen molar-refractivity contribution in [3.8, 4) is 22.3 Å². The van der Waals surface area contributed by atoms with Crippen molar-refractivity contribution in [2.24, 2.45) is 0 Å². The van der Waals surface area contributed by atoms with Crippen LogP contribution in [-0.2, 0) is 5.41 Å². The third-order valence-electron chi connectivity index (χ3n) is 12.8. The highest BCUT2D eigenvalue weighted by Gasteiger charge is 2.51. The van der Waals surface area contributed by atoms with E-state index >= 15 is 0 Å². The Balaban J connectivity index is 1.12. The lowest BCUT2D eigenvalue weighted by Crippen LogP contribution is -2.26. The molecule has 2 nitrogen and oxygen atoms in total. The van der Waals surface area contributed by atoms with Gasteiger partial charge < -0.3 is 9.32 Å². The largest absolute Gasteiger partial charge is 0.456 e. The van der Waals surface area contributed by atoms with E-state index in [4.69, 9.17) is 4.42 Å². The first kappa shape index (κ1) is 30.9. The highest BCUT2D eigenvalue weighted by Crippen LogP contribution is 2.63. The molecule has 0 saturated carbocycles. The van der Waals surface area contributed by atoms with E-state index in [2.05, 4.69) is 199 Å². The fourth-order valence-electron chi connectivity index (χ4n) is 10.6. The summed E-state index contributed by atoms with van der Waals surface area (Å²) in [6.45, 7) is 0. The molecule has 0 amide bonds. The van der Waals surface area contributed by atoms with Gasteiger partial charge in [0.15, 0.2) is 0 Å². The second-order valence-corrected chi connectivity index (χ2v) is 15.6. The van der Waals surface area contributed by atoms with Crippen LogP contribution in [0.5, 0.6) is 0 Å². The van der Waals surface area contributed by atoms with Crippen LogP contribution in [0.2, 0.25) is 0 Å². The molecule has 11 aromatic rings. The molecule has 2 aliphatic carbocycles. The number of para-hydroxylation sites is 1. The molecule has 264 valence electrons. The smallest absolute Gasteiger partial charge is 0.135 e. The minimum absolute atomic E-state index is 0.440. The van der Waals surface area contributed by atoms with Gasteiger partial charge in [0.25, 0.3) is 0 Å². The fraction of sp³-hybridized carbons (Fsp3) is 0.0182. The van der Waals surface area contributed by atoms with E-state index in [1.807, 2.05) is 6.07 Å². The highest BCUT2D eigenvalue weighted by atomic mass is 16.3. The first-order chi connectivity index (χ1) is 28.3. The number of hydrogen-bond donors (Lipinski definition) is 0. The molecule has 0 unspecified atom stereocenters. The van der Waals surface area contributed by atoms with Crippen LogP contribution in [0.4, 0.5) is 17.1 Å². The normalized spacial score (nSPS) is 13.4. The maximum absolute atomic E-state index is 6.35. The van der Waals surface area contributed by atoms with Crippen molar-refractivity contribution >= 4 is 71.3 Å². The van der Waals surface area contributed by atoms with Gasteiger partial charge in [-0.25, -0.2) is 0 Å². The van der Waals surface area contributed by atoms with E-state index in [9.17, 15) is 0 Å². The average Bonchev–Trinajstić information content (AvgIpc) is 3.90. The predicted molar refractivity (Wildman–Crippen MR) is 237 cm³/mol. The Morgan fingerprint density at radius 2 is 0.684 bits per heavy atom. The molecule has 1 heterocycles. The minimum atomic E-state index is -0.440. The summed E-state index contributed by atoms with van der Waals surface area (Å²) in [5.74, 6) is 0. The minimum Gasteiger partial charge on any atom is -0.456 e. The average molecular weight is 724 g/mol. The zero-order chi connectivity index (χ0) is 37.2. The Bertz CT molecular complexity index is 3400. The van der Waals surface area contributed by atoms with E-state index < -0.39 is 5.41 Å². The van der Waals surface area contributed by atoms with Gasteiger partial charge in [0.2, 0.25) is 0 Å². The summed E-state index contributed by atoms with van der Waals surface area (Å²) in [6, 6.07) is 74.0. The van der Waals surface area contributed by atoms with Crippen molar-refractivity contribution in [1.29, 1.82) is 0 Å². The second-order valence-electron chi connectivity index (χ2n) is 15.6. The molecule has 0 aliphatic heterocycles. The number of nitrogens with zero attached hydrogens (tertiary/aromatic N) is 1. The Labute approximate surface area is 329 Å². The number of benzene rings is 10. The zero-order valence-corrected chi connectivity index (χ0v) is 30.9. The Morgan fingerprint density at radius 3 is 1.30 bits per heavy atom. The molecule has 0 radical (unpaired) electrons. The number of hydrogen-bond acceptors (Lipinski definition) is 2. The predicted octanol–water partition coefficient (Wildman–Crippen LogP) is 14.9. The van der Waals surface area contributed by atoms with Crippen LogP contribution >= 0.6 is 0 Å². The highest BCUT2D eigenvalue weighted by molar-refractivity contribution is 6.26. The quantitative estimate of drug-likeness (QED) is 0.169.